The lowest BCUT2D eigenvalue weighted by atomic mass is 9.93. The average molecular weight is 907 g/mol. The number of hydrogen-bond donors (Lipinski definition) is 0. The average Bonchev–Trinajstić information content (AvgIpc) is 3.29. The highest BCUT2D eigenvalue weighted by Gasteiger charge is 2.33. The molecular formula is C57H111NO6. The van der Waals surface area contributed by atoms with Crippen molar-refractivity contribution in [2.24, 2.45) is 11.8 Å². The summed E-state index contributed by atoms with van der Waals surface area (Å²) in [5.41, 5.74) is 0. The Hall–Kier alpha value is -1.63. The zero-order valence-electron chi connectivity index (χ0n) is 44.1. The minimum absolute atomic E-state index is 0.0507. The molecule has 0 saturated carbocycles. The summed E-state index contributed by atoms with van der Waals surface area (Å²) in [6, 6.07) is 0. The third-order valence-electron chi connectivity index (χ3n) is 13.7. The Balaban J connectivity index is 6.10. The summed E-state index contributed by atoms with van der Waals surface area (Å²) >= 11 is 0. The van der Waals surface area contributed by atoms with E-state index >= 15 is 0 Å². The highest BCUT2D eigenvalue weighted by molar-refractivity contribution is 5.73. The number of rotatable bonds is 50. The van der Waals surface area contributed by atoms with E-state index in [4.69, 9.17) is 14.2 Å². The molecule has 380 valence electrons. The lowest BCUT2D eigenvalue weighted by molar-refractivity contribution is -0.175. The molecule has 0 bridgehead atoms. The molecule has 0 aliphatic rings. The standard InChI is InChI=1S/C57H111NO6/c1-8-15-20-25-29-36-44-51(42-34-23-18-11-4)56(60)63-53(46-38-31-27-22-17-10-3)54(47-39-32-28-33-40-48-55(59)62-50-41-49-58(13-6)14-7)64-57(61)52(43-35-24-19-12-5)45-37-30-26-21-16-9-2/h51-54H,8-50H2,1-7H3/t51?,52?,53-,54+/m0/s1. The van der Waals surface area contributed by atoms with Crippen LogP contribution in [0.25, 0.3) is 0 Å². The topological polar surface area (TPSA) is 82.1 Å². The van der Waals surface area contributed by atoms with E-state index < -0.39 is 12.2 Å². The second-order valence-electron chi connectivity index (χ2n) is 19.6. The van der Waals surface area contributed by atoms with Crippen LogP contribution in [-0.4, -0.2) is 61.3 Å². The van der Waals surface area contributed by atoms with Crippen molar-refractivity contribution in [3.05, 3.63) is 0 Å². The second-order valence-corrected chi connectivity index (χ2v) is 19.6. The fraction of sp³-hybridized carbons (Fsp3) is 0.947. The fourth-order valence-corrected chi connectivity index (χ4v) is 9.23. The zero-order valence-corrected chi connectivity index (χ0v) is 44.1. The van der Waals surface area contributed by atoms with Gasteiger partial charge in [0.1, 0.15) is 12.2 Å². The van der Waals surface area contributed by atoms with Gasteiger partial charge in [-0.1, -0.05) is 228 Å². The van der Waals surface area contributed by atoms with Crippen LogP contribution in [-0.2, 0) is 28.6 Å². The van der Waals surface area contributed by atoms with Crippen molar-refractivity contribution in [2.45, 2.75) is 311 Å². The molecule has 0 radical (unpaired) electrons. The van der Waals surface area contributed by atoms with Crippen molar-refractivity contribution in [1.29, 1.82) is 0 Å². The molecule has 0 spiro atoms. The number of hydrogen-bond acceptors (Lipinski definition) is 7. The van der Waals surface area contributed by atoms with Crippen LogP contribution in [0.1, 0.15) is 299 Å². The van der Waals surface area contributed by atoms with Gasteiger partial charge in [0.15, 0.2) is 0 Å². The molecule has 7 nitrogen and oxygen atoms in total. The van der Waals surface area contributed by atoms with E-state index in [2.05, 4.69) is 53.4 Å². The molecule has 0 N–H and O–H groups in total. The van der Waals surface area contributed by atoms with Gasteiger partial charge < -0.3 is 19.1 Å². The zero-order chi connectivity index (χ0) is 47.1. The Bertz CT molecular complexity index is 1020. The van der Waals surface area contributed by atoms with Gasteiger partial charge in [-0.3, -0.25) is 14.4 Å². The third-order valence-corrected chi connectivity index (χ3v) is 13.7. The van der Waals surface area contributed by atoms with Crippen molar-refractivity contribution < 1.29 is 28.6 Å². The minimum Gasteiger partial charge on any atom is -0.466 e. The summed E-state index contributed by atoms with van der Waals surface area (Å²) in [6.07, 6.45) is 41.1. The van der Waals surface area contributed by atoms with Crippen LogP contribution in [0.2, 0.25) is 0 Å². The SMILES string of the molecule is CCCCCCCCC(CCCCCC)C(=O)O[C@@H](CCCCCCCC)[C@@H](CCCCCCCC(=O)OCCCN(CC)CC)OC(=O)C(CCCCCC)CCCCCCCC. The number of ether oxygens (including phenoxy) is 3. The first kappa shape index (κ1) is 62.4. The quantitative estimate of drug-likeness (QED) is 0.0342. The third kappa shape index (κ3) is 37.5. The van der Waals surface area contributed by atoms with Crippen LogP contribution in [0.4, 0.5) is 0 Å². The van der Waals surface area contributed by atoms with Crippen LogP contribution in [0, 0.1) is 11.8 Å². The molecule has 0 heterocycles. The molecular weight excluding hydrogens is 795 g/mol. The van der Waals surface area contributed by atoms with E-state index in [1.165, 1.54) is 116 Å². The van der Waals surface area contributed by atoms with Gasteiger partial charge in [-0.25, -0.2) is 0 Å². The van der Waals surface area contributed by atoms with Crippen molar-refractivity contribution in [2.75, 3.05) is 26.2 Å². The Labute approximate surface area is 399 Å². The Morgan fingerprint density at radius 1 is 0.359 bits per heavy atom. The van der Waals surface area contributed by atoms with Gasteiger partial charge in [0.05, 0.1) is 18.4 Å². The first-order chi connectivity index (χ1) is 31.3. The molecule has 0 aromatic carbocycles. The molecule has 0 fully saturated rings. The molecule has 64 heavy (non-hydrogen) atoms. The highest BCUT2D eigenvalue weighted by atomic mass is 16.6. The molecule has 0 amide bonds. The van der Waals surface area contributed by atoms with E-state index in [0.717, 1.165) is 142 Å². The maximum Gasteiger partial charge on any atom is 0.309 e. The highest BCUT2D eigenvalue weighted by Crippen LogP contribution is 2.28. The summed E-state index contributed by atoms with van der Waals surface area (Å²) in [5, 5.41) is 0. The van der Waals surface area contributed by atoms with E-state index in [9.17, 15) is 14.4 Å². The Morgan fingerprint density at radius 3 is 1.00 bits per heavy atom. The molecule has 0 saturated heterocycles. The first-order valence-electron chi connectivity index (χ1n) is 28.6. The van der Waals surface area contributed by atoms with Crippen LogP contribution in [0.3, 0.4) is 0 Å². The fourth-order valence-electron chi connectivity index (χ4n) is 9.23. The van der Waals surface area contributed by atoms with Crippen molar-refractivity contribution >= 4 is 17.9 Å². The van der Waals surface area contributed by atoms with Crippen LogP contribution >= 0.6 is 0 Å². The van der Waals surface area contributed by atoms with Gasteiger partial charge >= 0.3 is 17.9 Å². The smallest absolute Gasteiger partial charge is 0.309 e. The van der Waals surface area contributed by atoms with Crippen molar-refractivity contribution in [1.82, 2.24) is 4.90 Å². The predicted octanol–water partition coefficient (Wildman–Crippen LogP) is 17.2. The second kappa shape index (κ2) is 47.8. The molecule has 0 aromatic rings. The lowest BCUT2D eigenvalue weighted by Crippen LogP contribution is -2.38. The number of carbonyl (C=O) groups excluding carboxylic acids is 3. The van der Waals surface area contributed by atoms with Crippen molar-refractivity contribution in [3.63, 3.8) is 0 Å². The maximum absolute atomic E-state index is 14.4. The predicted molar refractivity (Wildman–Crippen MR) is 274 cm³/mol. The molecule has 0 rings (SSSR count). The molecule has 0 aliphatic carbocycles. The lowest BCUT2D eigenvalue weighted by Gasteiger charge is -2.30. The van der Waals surface area contributed by atoms with E-state index in [-0.39, 0.29) is 29.7 Å². The van der Waals surface area contributed by atoms with E-state index in [1.807, 2.05) is 0 Å². The number of carbonyl (C=O) groups is 3. The van der Waals surface area contributed by atoms with Gasteiger partial charge in [-0.15, -0.1) is 0 Å². The van der Waals surface area contributed by atoms with Crippen molar-refractivity contribution in [3.8, 4) is 0 Å². The van der Waals surface area contributed by atoms with Crippen LogP contribution < -0.4 is 0 Å². The summed E-state index contributed by atoms with van der Waals surface area (Å²) < 4.78 is 18.9. The number of nitrogens with zero attached hydrogens (tertiary/aromatic N) is 1. The van der Waals surface area contributed by atoms with E-state index in [0.29, 0.717) is 19.4 Å². The number of unbranched alkanes of at least 4 members (excludes halogenated alkanes) is 25. The normalized spacial score (nSPS) is 13.5. The van der Waals surface area contributed by atoms with Gasteiger partial charge in [0, 0.05) is 13.0 Å². The molecule has 4 atom stereocenters. The summed E-state index contributed by atoms with van der Waals surface area (Å²) in [5.74, 6) is -0.370. The molecule has 0 aromatic heterocycles. The molecule has 7 heteroatoms. The molecule has 2 unspecified atom stereocenters. The largest absolute Gasteiger partial charge is 0.466 e. The van der Waals surface area contributed by atoms with Gasteiger partial charge in [-0.05, 0) is 77.3 Å². The van der Waals surface area contributed by atoms with Crippen LogP contribution in [0.15, 0.2) is 0 Å². The Kier molecular flexibility index (Phi) is 46.6. The van der Waals surface area contributed by atoms with Crippen LogP contribution in [0.5, 0.6) is 0 Å². The first-order valence-corrected chi connectivity index (χ1v) is 28.6. The van der Waals surface area contributed by atoms with Gasteiger partial charge in [0.2, 0.25) is 0 Å². The maximum atomic E-state index is 14.4. The van der Waals surface area contributed by atoms with Gasteiger partial charge in [-0.2, -0.15) is 0 Å². The van der Waals surface area contributed by atoms with Gasteiger partial charge in [0.25, 0.3) is 0 Å². The van der Waals surface area contributed by atoms with E-state index in [1.54, 1.807) is 0 Å². The summed E-state index contributed by atoms with van der Waals surface area (Å²) in [7, 11) is 0. The monoisotopic (exact) mass is 906 g/mol. The summed E-state index contributed by atoms with van der Waals surface area (Å²) in [6.45, 7) is 19.1. The minimum atomic E-state index is -0.420. The summed E-state index contributed by atoms with van der Waals surface area (Å²) in [4.78, 5) is 43.6. The number of esters is 3. The molecule has 0 aliphatic heterocycles. The Morgan fingerprint density at radius 2 is 0.656 bits per heavy atom.